The molecule has 6 heteroatoms. The number of ether oxygens (including phenoxy) is 2. The molecule has 2 N–H and O–H groups in total. The third kappa shape index (κ3) is 4.40. The largest absolute Gasteiger partial charge is 0.490 e. The topological polar surface area (TPSA) is 59.6 Å². The van der Waals surface area contributed by atoms with E-state index in [0.717, 1.165) is 11.1 Å². The molecule has 1 atom stereocenters. The average Bonchev–Trinajstić information content (AvgIpc) is 2.72. The van der Waals surface area contributed by atoms with Crippen LogP contribution in [0.1, 0.15) is 24.1 Å². The lowest BCUT2D eigenvalue weighted by atomic mass is 9.92. The number of carbonyl (C=O) groups excluding carboxylic acids is 1. The number of nitrogens with one attached hydrogen (secondary N) is 2. The standard InChI is InChI=1S/C22H22N2O3S/c1-3-13-27-17-12-8-11-16(14-17)20-18(21(25)26-4-2)19(23-22(28)24-20)15-9-6-5-7-10-15/h3,5-12,14,20H,1,4,13H2,2H3,(H2,23,24,28)/t20-/m0/s1. The van der Waals surface area contributed by atoms with Gasteiger partial charge in [-0.3, -0.25) is 0 Å². The normalized spacial score (nSPS) is 16.0. The Hall–Kier alpha value is -3.12. The summed E-state index contributed by atoms with van der Waals surface area (Å²) in [6.07, 6.45) is 1.68. The second kappa shape index (κ2) is 9.19. The van der Waals surface area contributed by atoms with Gasteiger partial charge in [0.05, 0.1) is 23.9 Å². The van der Waals surface area contributed by atoms with Crippen molar-refractivity contribution in [3.63, 3.8) is 0 Å². The molecular weight excluding hydrogens is 372 g/mol. The highest BCUT2D eigenvalue weighted by Gasteiger charge is 2.33. The van der Waals surface area contributed by atoms with Crippen LogP contribution in [0.15, 0.2) is 72.8 Å². The van der Waals surface area contributed by atoms with Crippen LogP contribution in [-0.2, 0) is 9.53 Å². The van der Waals surface area contributed by atoms with E-state index in [-0.39, 0.29) is 6.61 Å². The highest BCUT2D eigenvalue weighted by Crippen LogP contribution is 2.33. The van der Waals surface area contributed by atoms with Gasteiger partial charge in [-0.25, -0.2) is 4.79 Å². The Kier molecular flexibility index (Phi) is 6.45. The first-order valence-corrected chi connectivity index (χ1v) is 9.42. The number of thiocarbonyl (C=S) groups is 1. The molecule has 0 unspecified atom stereocenters. The predicted molar refractivity (Wildman–Crippen MR) is 114 cm³/mol. The van der Waals surface area contributed by atoms with Gasteiger partial charge in [0.25, 0.3) is 0 Å². The highest BCUT2D eigenvalue weighted by atomic mass is 32.1. The molecule has 3 rings (SSSR count). The van der Waals surface area contributed by atoms with Gasteiger partial charge in [0.2, 0.25) is 0 Å². The molecule has 0 fully saturated rings. The molecule has 0 saturated carbocycles. The van der Waals surface area contributed by atoms with E-state index in [1.807, 2.05) is 54.6 Å². The van der Waals surface area contributed by atoms with Crippen LogP contribution in [0.2, 0.25) is 0 Å². The van der Waals surface area contributed by atoms with E-state index in [4.69, 9.17) is 21.7 Å². The Morgan fingerprint density at radius 3 is 2.71 bits per heavy atom. The molecule has 28 heavy (non-hydrogen) atoms. The molecule has 5 nitrogen and oxygen atoms in total. The summed E-state index contributed by atoms with van der Waals surface area (Å²) in [5, 5.41) is 6.76. The van der Waals surface area contributed by atoms with Gasteiger partial charge in [0.15, 0.2) is 5.11 Å². The van der Waals surface area contributed by atoms with Gasteiger partial charge < -0.3 is 20.1 Å². The number of benzene rings is 2. The predicted octanol–water partition coefficient (Wildman–Crippen LogP) is 3.74. The minimum absolute atomic E-state index is 0.282. The van der Waals surface area contributed by atoms with Gasteiger partial charge in [-0.1, -0.05) is 55.1 Å². The summed E-state index contributed by atoms with van der Waals surface area (Å²) in [5.74, 6) is 0.291. The van der Waals surface area contributed by atoms with E-state index in [0.29, 0.717) is 28.7 Å². The molecular formula is C22H22N2O3S. The van der Waals surface area contributed by atoms with Crippen molar-refractivity contribution in [1.82, 2.24) is 10.6 Å². The lowest BCUT2D eigenvalue weighted by Crippen LogP contribution is -2.45. The van der Waals surface area contributed by atoms with E-state index in [2.05, 4.69) is 17.2 Å². The van der Waals surface area contributed by atoms with Gasteiger partial charge in [-0.2, -0.15) is 0 Å². The molecule has 0 aromatic heterocycles. The fraction of sp³-hybridized carbons (Fsp3) is 0.182. The van der Waals surface area contributed by atoms with Crippen LogP contribution in [0.5, 0.6) is 5.75 Å². The summed E-state index contributed by atoms with van der Waals surface area (Å²) < 4.78 is 11.0. The van der Waals surface area contributed by atoms with Crippen LogP contribution in [0.25, 0.3) is 5.70 Å². The van der Waals surface area contributed by atoms with Crippen LogP contribution < -0.4 is 15.4 Å². The maximum absolute atomic E-state index is 12.9. The smallest absolute Gasteiger partial charge is 0.338 e. The monoisotopic (exact) mass is 394 g/mol. The summed E-state index contributed by atoms with van der Waals surface area (Å²) in [4.78, 5) is 12.9. The maximum atomic E-state index is 12.9. The van der Waals surface area contributed by atoms with Gasteiger partial charge in [0.1, 0.15) is 12.4 Å². The van der Waals surface area contributed by atoms with Crippen molar-refractivity contribution in [1.29, 1.82) is 0 Å². The van der Waals surface area contributed by atoms with Crippen LogP contribution in [0.4, 0.5) is 0 Å². The summed E-state index contributed by atoms with van der Waals surface area (Å²) >= 11 is 5.41. The minimum Gasteiger partial charge on any atom is -0.490 e. The van der Waals surface area contributed by atoms with Crippen LogP contribution >= 0.6 is 12.2 Å². The van der Waals surface area contributed by atoms with E-state index in [1.54, 1.807) is 13.0 Å². The molecule has 0 amide bonds. The second-order valence-corrected chi connectivity index (χ2v) is 6.49. The molecule has 144 valence electrons. The van der Waals surface area contributed by atoms with Crippen LogP contribution in [0, 0.1) is 0 Å². The zero-order valence-electron chi connectivity index (χ0n) is 15.6. The number of esters is 1. The van der Waals surface area contributed by atoms with Gasteiger partial charge >= 0.3 is 5.97 Å². The Bertz CT molecular complexity index is 909. The lowest BCUT2D eigenvalue weighted by molar-refractivity contribution is -0.138. The first-order valence-electron chi connectivity index (χ1n) is 9.02. The first-order chi connectivity index (χ1) is 13.6. The quantitative estimate of drug-likeness (QED) is 0.424. The molecule has 0 radical (unpaired) electrons. The SMILES string of the molecule is C=CCOc1cccc([C@@H]2NC(=S)NC(c3ccccc3)=C2C(=O)OCC)c1. The van der Waals surface area contributed by atoms with Crippen molar-refractivity contribution in [2.75, 3.05) is 13.2 Å². The Morgan fingerprint density at radius 2 is 2.00 bits per heavy atom. The van der Waals surface area contributed by atoms with Gasteiger partial charge in [-0.15, -0.1) is 0 Å². The Morgan fingerprint density at radius 1 is 1.21 bits per heavy atom. The van der Waals surface area contributed by atoms with Gasteiger partial charge in [0, 0.05) is 0 Å². The van der Waals surface area contributed by atoms with Crippen LogP contribution in [-0.4, -0.2) is 24.3 Å². The molecule has 0 bridgehead atoms. The maximum Gasteiger partial charge on any atom is 0.338 e. The van der Waals surface area contributed by atoms with Gasteiger partial charge in [-0.05, 0) is 42.4 Å². The molecule has 1 aliphatic heterocycles. The fourth-order valence-corrected chi connectivity index (χ4v) is 3.23. The highest BCUT2D eigenvalue weighted by molar-refractivity contribution is 7.80. The summed E-state index contributed by atoms with van der Waals surface area (Å²) in [5.41, 5.74) is 2.83. The zero-order valence-corrected chi connectivity index (χ0v) is 16.4. The van der Waals surface area contributed by atoms with E-state index in [1.165, 1.54) is 0 Å². The minimum atomic E-state index is -0.463. The third-order valence-corrected chi connectivity index (χ3v) is 4.41. The van der Waals surface area contributed by atoms with E-state index >= 15 is 0 Å². The molecule has 1 aliphatic rings. The Balaban J connectivity index is 2.11. The number of carbonyl (C=O) groups is 1. The average molecular weight is 394 g/mol. The summed E-state index contributed by atoms with van der Waals surface area (Å²) in [6, 6.07) is 16.7. The summed E-state index contributed by atoms with van der Waals surface area (Å²) in [7, 11) is 0. The number of hydrogen-bond donors (Lipinski definition) is 2. The lowest BCUT2D eigenvalue weighted by Gasteiger charge is -2.31. The van der Waals surface area contributed by atoms with Crippen LogP contribution in [0.3, 0.4) is 0 Å². The van der Waals surface area contributed by atoms with Crippen molar-refractivity contribution < 1.29 is 14.3 Å². The molecule has 2 aromatic rings. The van der Waals surface area contributed by atoms with Crippen molar-refractivity contribution in [2.24, 2.45) is 0 Å². The zero-order chi connectivity index (χ0) is 19.9. The van der Waals surface area contributed by atoms with Crippen molar-refractivity contribution in [3.8, 4) is 5.75 Å². The first kappa shape index (κ1) is 19.6. The Labute approximate surface area is 170 Å². The van der Waals surface area contributed by atoms with E-state index in [9.17, 15) is 4.79 Å². The molecule has 0 saturated heterocycles. The fourth-order valence-electron chi connectivity index (χ4n) is 3.01. The summed E-state index contributed by atoms with van der Waals surface area (Å²) in [6.45, 7) is 6.13. The number of rotatable bonds is 7. The third-order valence-electron chi connectivity index (χ3n) is 4.19. The number of hydrogen-bond acceptors (Lipinski definition) is 4. The molecule has 0 spiro atoms. The van der Waals surface area contributed by atoms with Crippen molar-refractivity contribution in [3.05, 3.63) is 84.0 Å². The second-order valence-electron chi connectivity index (χ2n) is 6.08. The molecule has 0 aliphatic carbocycles. The molecule has 2 aromatic carbocycles. The molecule has 1 heterocycles. The van der Waals surface area contributed by atoms with Crippen molar-refractivity contribution in [2.45, 2.75) is 13.0 Å². The van der Waals surface area contributed by atoms with Crippen molar-refractivity contribution >= 4 is 29.0 Å². The van der Waals surface area contributed by atoms with E-state index < -0.39 is 12.0 Å².